The van der Waals surface area contributed by atoms with Crippen LogP contribution < -0.4 is 10.1 Å². The maximum atomic E-state index is 11.7. The molecule has 1 amide bonds. The van der Waals surface area contributed by atoms with Crippen LogP contribution in [0, 0.1) is 0 Å². The van der Waals surface area contributed by atoms with Crippen LogP contribution in [0.5, 0.6) is 5.75 Å². The number of anilines is 1. The molecular formula is C13H16BrNO5. The lowest BCUT2D eigenvalue weighted by Gasteiger charge is -2.20. The number of nitrogens with one attached hydrogen (secondary N) is 1. The van der Waals surface area contributed by atoms with Gasteiger partial charge in [0.25, 0.3) is 0 Å². The highest BCUT2D eigenvalue weighted by Gasteiger charge is 2.23. The van der Waals surface area contributed by atoms with Crippen molar-refractivity contribution in [3.8, 4) is 5.75 Å². The molecule has 7 heteroatoms. The van der Waals surface area contributed by atoms with Gasteiger partial charge in [0, 0.05) is 0 Å². The molecule has 0 aliphatic heterocycles. The Morgan fingerprint density at radius 1 is 1.30 bits per heavy atom. The number of carboxylic acid groups (broad SMARTS) is 1. The van der Waals surface area contributed by atoms with Crippen molar-refractivity contribution in [2.45, 2.75) is 26.4 Å². The van der Waals surface area contributed by atoms with Gasteiger partial charge in [0.15, 0.2) is 0 Å². The summed E-state index contributed by atoms with van der Waals surface area (Å²) in [6, 6.07) is 3.04. The van der Waals surface area contributed by atoms with E-state index >= 15 is 0 Å². The van der Waals surface area contributed by atoms with Crippen LogP contribution in [-0.4, -0.2) is 29.9 Å². The molecular weight excluding hydrogens is 330 g/mol. The minimum atomic E-state index is -1.21. The Kier molecular flexibility index (Phi) is 4.99. The number of hydrogen-bond donors (Lipinski definition) is 2. The van der Waals surface area contributed by atoms with E-state index < -0.39 is 17.7 Å². The highest BCUT2D eigenvalue weighted by atomic mass is 79.9. The summed E-state index contributed by atoms with van der Waals surface area (Å²) in [5.74, 6) is -1.08. The number of amides is 1. The first-order valence-corrected chi connectivity index (χ1v) is 6.55. The third-order valence-corrected chi connectivity index (χ3v) is 2.79. The van der Waals surface area contributed by atoms with Gasteiger partial charge in [0.2, 0.25) is 0 Å². The predicted octanol–water partition coefficient (Wildman–Crippen LogP) is 3.50. The number of carbonyl (C=O) groups excluding carboxylic acids is 1. The Hall–Kier alpha value is -1.76. The topological polar surface area (TPSA) is 84.9 Å². The number of carboxylic acids is 1. The van der Waals surface area contributed by atoms with Crippen molar-refractivity contribution in [3.63, 3.8) is 0 Å². The first-order chi connectivity index (χ1) is 9.15. The molecule has 0 spiro atoms. The van der Waals surface area contributed by atoms with Crippen LogP contribution in [0.4, 0.5) is 10.5 Å². The number of benzene rings is 1. The van der Waals surface area contributed by atoms with E-state index in [0.717, 1.165) is 0 Å². The minimum Gasteiger partial charge on any atom is -0.495 e. The maximum Gasteiger partial charge on any atom is 0.412 e. The van der Waals surface area contributed by atoms with Crippen molar-refractivity contribution >= 4 is 33.7 Å². The average Bonchev–Trinajstić information content (AvgIpc) is 2.27. The molecule has 0 radical (unpaired) electrons. The lowest BCUT2D eigenvalue weighted by Crippen LogP contribution is -2.27. The predicted molar refractivity (Wildman–Crippen MR) is 77.5 cm³/mol. The Balaban J connectivity index is 3.13. The van der Waals surface area contributed by atoms with Gasteiger partial charge in [0.05, 0.1) is 17.3 Å². The largest absolute Gasteiger partial charge is 0.495 e. The number of hydrogen-bond acceptors (Lipinski definition) is 4. The van der Waals surface area contributed by atoms with Crippen LogP contribution in [0.15, 0.2) is 16.6 Å². The normalized spacial score (nSPS) is 10.8. The summed E-state index contributed by atoms with van der Waals surface area (Å²) in [6.45, 7) is 5.15. The van der Waals surface area contributed by atoms with Crippen LogP contribution in [0.2, 0.25) is 0 Å². The summed E-state index contributed by atoms with van der Waals surface area (Å²) < 4.78 is 10.6. The molecule has 0 aromatic heterocycles. The Bertz CT molecular complexity index is 536. The second-order valence-corrected chi connectivity index (χ2v) is 5.79. The SMILES string of the molecule is COc1c(Br)ccc(NC(=O)OC(C)(C)C)c1C(=O)O. The van der Waals surface area contributed by atoms with E-state index in [9.17, 15) is 14.7 Å². The van der Waals surface area contributed by atoms with Gasteiger partial charge in [-0.05, 0) is 48.8 Å². The van der Waals surface area contributed by atoms with Gasteiger partial charge in [-0.1, -0.05) is 0 Å². The molecule has 2 N–H and O–H groups in total. The first kappa shape index (κ1) is 16.3. The quantitative estimate of drug-likeness (QED) is 0.875. The summed E-state index contributed by atoms with van der Waals surface area (Å²) in [5, 5.41) is 11.7. The molecule has 20 heavy (non-hydrogen) atoms. The number of rotatable bonds is 3. The molecule has 0 bridgehead atoms. The fraction of sp³-hybridized carbons (Fsp3) is 0.385. The molecule has 0 saturated carbocycles. The molecule has 1 rings (SSSR count). The molecule has 0 atom stereocenters. The van der Waals surface area contributed by atoms with Gasteiger partial charge in [-0.15, -0.1) is 0 Å². The lowest BCUT2D eigenvalue weighted by molar-refractivity contribution is 0.0636. The number of carbonyl (C=O) groups is 2. The minimum absolute atomic E-state index is 0.104. The van der Waals surface area contributed by atoms with Gasteiger partial charge in [-0.25, -0.2) is 9.59 Å². The van der Waals surface area contributed by atoms with E-state index in [2.05, 4.69) is 21.2 Å². The summed E-state index contributed by atoms with van der Waals surface area (Å²) in [7, 11) is 1.35. The van der Waals surface area contributed by atoms with E-state index in [0.29, 0.717) is 4.47 Å². The molecule has 0 fully saturated rings. The molecule has 6 nitrogen and oxygen atoms in total. The van der Waals surface area contributed by atoms with Crippen molar-refractivity contribution < 1.29 is 24.2 Å². The first-order valence-electron chi connectivity index (χ1n) is 5.75. The fourth-order valence-electron chi connectivity index (χ4n) is 1.49. The smallest absolute Gasteiger partial charge is 0.412 e. The van der Waals surface area contributed by atoms with Crippen molar-refractivity contribution in [2.24, 2.45) is 0 Å². The molecule has 1 aromatic carbocycles. The Morgan fingerprint density at radius 3 is 2.35 bits per heavy atom. The van der Waals surface area contributed by atoms with Crippen LogP contribution in [-0.2, 0) is 4.74 Å². The fourth-order valence-corrected chi connectivity index (χ4v) is 1.98. The van der Waals surface area contributed by atoms with Crippen molar-refractivity contribution in [1.82, 2.24) is 0 Å². The van der Waals surface area contributed by atoms with Gasteiger partial charge in [0.1, 0.15) is 16.9 Å². The third kappa shape index (κ3) is 4.12. The number of aromatic carboxylic acids is 1. The standard InChI is InChI=1S/C13H16BrNO5/c1-13(2,3)20-12(18)15-8-6-5-7(14)10(19-4)9(8)11(16)17/h5-6H,1-4H3,(H,15,18)(H,16,17). The molecule has 0 heterocycles. The van der Waals surface area contributed by atoms with Gasteiger partial charge in [-0.2, -0.15) is 0 Å². The summed E-state index contributed by atoms with van der Waals surface area (Å²) >= 11 is 3.19. The molecule has 110 valence electrons. The number of methoxy groups -OCH3 is 1. The molecule has 0 aliphatic rings. The molecule has 0 unspecified atom stereocenters. The molecule has 0 aliphatic carbocycles. The lowest BCUT2D eigenvalue weighted by atomic mass is 10.1. The number of ether oxygens (including phenoxy) is 2. The maximum absolute atomic E-state index is 11.7. The van der Waals surface area contributed by atoms with E-state index in [-0.39, 0.29) is 17.0 Å². The summed E-state index contributed by atoms with van der Waals surface area (Å²) in [5.41, 5.74) is -0.716. The van der Waals surface area contributed by atoms with Crippen molar-refractivity contribution in [1.29, 1.82) is 0 Å². The third-order valence-electron chi connectivity index (χ3n) is 2.16. The van der Waals surface area contributed by atoms with E-state index in [4.69, 9.17) is 9.47 Å². The number of halogens is 1. The van der Waals surface area contributed by atoms with Crippen LogP contribution in [0.3, 0.4) is 0 Å². The van der Waals surface area contributed by atoms with E-state index in [1.54, 1.807) is 26.8 Å². The van der Waals surface area contributed by atoms with Crippen LogP contribution >= 0.6 is 15.9 Å². The van der Waals surface area contributed by atoms with E-state index in [1.807, 2.05) is 0 Å². The van der Waals surface area contributed by atoms with E-state index in [1.165, 1.54) is 13.2 Å². The second-order valence-electron chi connectivity index (χ2n) is 4.94. The summed E-state index contributed by atoms with van der Waals surface area (Å²) in [4.78, 5) is 23.0. The second kappa shape index (κ2) is 6.13. The van der Waals surface area contributed by atoms with Crippen LogP contribution in [0.25, 0.3) is 0 Å². The highest BCUT2D eigenvalue weighted by Crippen LogP contribution is 2.34. The molecule has 0 saturated heterocycles. The zero-order valence-corrected chi connectivity index (χ0v) is 13.2. The van der Waals surface area contributed by atoms with Gasteiger partial charge in [-0.3, -0.25) is 5.32 Å². The van der Waals surface area contributed by atoms with Gasteiger partial charge >= 0.3 is 12.1 Å². The monoisotopic (exact) mass is 345 g/mol. The van der Waals surface area contributed by atoms with Crippen LogP contribution in [0.1, 0.15) is 31.1 Å². The van der Waals surface area contributed by atoms with Crippen molar-refractivity contribution in [3.05, 3.63) is 22.2 Å². The Labute approximate surface area is 125 Å². The van der Waals surface area contributed by atoms with Gasteiger partial charge < -0.3 is 14.6 Å². The zero-order chi connectivity index (χ0) is 15.5. The summed E-state index contributed by atoms with van der Waals surface area (Å²) in [6.07, 6.45) is -0.732. The molecule has 1 aromatic rings. The average molecular weight is 346 g/mol. The highest BCUT2D eigenvalue weighted by molar-refractivity contribution is 9.10. The van der Waals surface area contributed by atoms with Crippen molar-refractivity contribution in [2.75, 3.05) is 12.4 Å². The Morgan fingerprint density at radius 2 is 1.90 bits per heavy atom. The zero-order valence-electron chi connectivity index (χ0n) is 11.6.